The standard InChI is InChI=1S/C17H14ClFN4OS/c1-25-17-20-7-11-14(22-17)13(19)15(18)23-8-12(21-16(11)23)24-9-10-5-3-2-4-6-10/h2-7,12H,8-9H2,1H3. The van der Waals surface area contributed by atoms with Gasteiger partial charge >= 0.3 is 0 Å². The molecule has 2 aliphatic rings. The van der Waals surface area contributed by atoms with Crippen LogP contribution in [0.1, 0.15) is 16.8 Å². The Labute approximate surface area is 153 Å². The molecule has 2 aliphatic heterocycles. The molecule has 3 heterocycles. The molecule has 25 heavy (non-hydrogen) atoms. The summed E-state index contributed by atoms with van der Waals surface area (Å²) in [7, 11) is 0. The van der Waals surface area contributed by atoms with Gasteiger partial charge in [-0.05, 0) is 11.8 Å². The lowest BCUT2D eigenvalue weighted by Gasteiger charge is -2.25. The van der Waals surface area contributed by atoms with Crippen LogP contribution in [0.2, 0.25) is 0 Å². The van der Waals surface area contributed by atoms with Gasteiger partial charge in [0.25, 0.3) is 0 Å². The number of rotatable bonds is 4. The molecule has 2 aromatic rings. The zero-order valence-electron chi connectivity index (χ0n) is 13.3. The number of hydrogen-bond donors (Lipinski definition) is 0. The topological polar surface area (TPSA) is 50.6 Å². The maximum Gasteiger partial charge on any atom is 0.187 e. The largest absolute Gasteiger partial charge is 0.350 e. The molecule has 0 spiro atoms. The molecule has 0 aliphatic carbocycles. The number of ether oxygens (including phenoxy) is 1. The minimum atomic E-state index is -0.558. The maximum absolute atomic E-state index is 14.6. The third-order valence-electron chi connectivity index (χ3n) is 3.96. The number of aromatic nitrogens is 2. The van der Waals surface area contributed by atoms with E-state index in [1.54, 1.807) is 11.1 Å². The first kappa shape index (κ1) is 16.5. The number of nitrogens with zero attached hydrogens (tertiary/aromatic N) is 4. The Morgan fingerprint density at radius 2 is 2.16 bits per heavy atom. The predicted molar refractivity (Wildman–Crippen MR) is 96.0 cm³/mol. The van der Waals surface area contributed by atoms with Gasteiger partial charge in [-0.25, -0.2) is 19.4 Å². The lowest BCUT2D eigenvalue weighted by molar-refractivity contribution is 0.0474. The Morgan fingerprint density at radius 1 is 1.36 bits per heavy atom. The molecule has 8 heteroatoms. The molecule has 0 N–H and O–H groups in total. The van der Waals surface area contributed by atoms with Crippen LogP contribution in [0.15, 0.2) is 51.8 Å². The lowest BCUT2D eigenvalue weighted by Crippen LogP contribution is -2.32. The average Bonchev–Trinajstić information content (AvgIpc) is 3.09. The molecular formula is C17H14ClFN4OS. The van der Waals surface area contributed by atoms with Crippen molar-refractivity contribution in [3.8, 4) is 0 Å². The third-order valence-corrected chi connectivity index (χ3v) is 4.89. The zero-order valence-corrected chi connectivity index (χ0v) is 14.9. The van der Waals surface area contributed by atoms with Crippen molar-refractivity contribution in [3.63, 3.8) is 0 Å². The van der Waals surface area contributed by atoms with Crippen LogP contribution >= 0.6 is 23.4 Å². The first-order chi connectivity index (χ1) is 12.2. The normalized spacial score (nSPS) is 18.9. The van der Waals surface area contributed by atoms with Gasteiger partial charge in [0.2, 0.25) is 0 Å². The van der Waals surface area contributed by atoms with Crippen molar-refractivity contribution < 1.29 is 9.13 Å². The Balaban J connectivity index is 1.61. The second kappa shape index (κ2) is 6.74. The smallest absolute Gasteiger partial charge is 0.187 e. The van der Waals surface area contributed by atoms with Crippen LogP contribution in [0.25, 0.3) is 5.83 Å². The van der Waals surface area contributed by atoms with Crippen LogP contribution in [0, 0.1) is 0 Å². The van der Waals surface area contributed by atoms with E-state index in [0.29, 0.717) is 29.7 Å². The van der Waals surface area contributed by atoms with Crippen LogP contribution in [-0.4, -0.2) is 39.7 Å². The number of fused-ring (bicyclic) bond motifs is 3. The number of halogens is 2. The van der Waals surface area contributed by atoms with Gasteiger partial charge in [-0.1, -0.05) is 53.7 Å². The molecule has 0 fully saturated rings. The van der Waals surface area contributed by atoms with Crippen molar-refractivity contribution in [2.75, 3.05) is 12.8 Å². The summed E-state index contributed by atoms with van der Waals surface area (Å²) >= 11 is 7.54. The molecule has 1 aromatic carbocycles. The van der Waals surface area contributed by atoms with Crippen molar-refractivity contribution in [2.24, 2.45) is 4.99 Å². The molecule has 4 rings (SSSR count). The summed E-state index contributed by atoms with van der Waals surface area (Å²) in [6.45, 7) is 0.785. The highest BCUT2D eigenvalue weighted by Gasteiger charge is 2.37. The first-order valence-corrected chi connectivity index (χ1v) is 9.25. The summed E-state index contributed by atoms with van der Waals surface area (Å²) in [5, 5.41) is 0.477. The van der Waals surface area contributed by atoms with Gasteiger partial charge in [0, 0.05) is 6.20 Å². The fraction of sp³-hybridized carbons (Fsp3) is 0.235. The summed E-state index contributed by atoms with van der Waals surface area (Å²) in [6.07, 6.45) is 2.99. The molecular weight excluding hydrogens is 363 g/mol. The van der Waals surface area contributed by atoms with Crippen molar-refractivity contribution in [1.29, 1.82) is 0 Å². The fourth-order valence-corrected chi connectivity index (χ4v) is 3.32. The summed E-state index contributed by atoms with van der Waals surface area (Å²) < 4.78 is 20.5. The maximum atomic E-state index is 14.6. The summed E-state index contributed by atoms with van der Waals surface area (Å²) in [5.74, 6) is -0.0101. The van der Waals surface area contributed by atoms with Crippen LogP contribution in [0.5, 0.6) is 0 Å². The quantitative estimate of drug-likeness (QED) is 0.463. The fourth-order valence-electron chi connectivity index (χ4n) is 2.75. The zero-order chi connectivity index (χ0) is 17.4. The van der Waals surface area contributed by atoms with Gasteiger partial charge in [0.05, 0.1) is 18.7 Å². The molecule has 1 aromatic heterocycles. The molecule has 128 valence electrons. The van der Waals surface area contributed by atoms with Gasteiger partial charge in [0.15, 0.2) is 17.2 Å². The van der Waals surface area contributed by atoms with E-state index >= 15 is 0 Å². The van der Waals surface area contributed by atoms with Gasteiger partial charge in [0.1, 0.15) is 16.7 Å². The monoisotopic (exact) mass is 376 g/mol. The number of hydrogen-bond acceptors (Lipinski definition) is 6. The van der Waals surface area contributed by atoms with E-state index in [4.69, 9.17) is 16.3 Å². The van der Waals surface area contributed by atoms with Crippen LogP contribution < -0.4 is 0 Å². The molecule has 0 amide bonds. The van der Waals surface area contributed by atoms with E-state index in [1.165, 1.54) is 11.8 Å². The molecule has 1 unspecified atom stereocenters. The Kier molecular flexibility index (Phi) is 4.45. The highest BCUT2D eigenvalue weighted by atomic mass is 35.5. The minimum absolute atomic E-state index is 0.0113. The molecule has 0 bridgehead atoms. The van der Waals surface area contributed by atoms with E-state index in [-0.39, 0.29) is 10.9 Å². The van der Waals surface area contributed by atoms with E-state index in [2.05, 4.69) is 15.0 Å². The molecule has 0 radical (unpaired) electrons. The van der Waals surface area contributed by atoms with Crippen molar-refractivity contribution in [2.45, 2.75) is 18.0 Å². The van der Waals surface area contributed by atoms with E-state index < -0.39 is 12.1 Å². The van der Waals surface area contributed by atoms with Crippen molar-refractivity contribution >= 4 is 35.0 Å². The second-order valence-electron chi connectivity index (χ2n) is 5.54. The number of benzene rings is 1. The summed E-state index contributed by atoms with van der Waals surface area (Å²) in [4.78, 5) is 14.6. The van der Waals surface area contributed by atoms with E-state index in [0.717, 1.165) is 5.56 Å². The Bertz CT molecular complexity index is 874. The van der Waals surface area contributed by atoms with Crippen LogP contribution in [0.3, 0.4) is 0 Å². The Morgan fingerprint density at radius 3 is 2.92 bits per heavy atom. The SMILES string of the molecule is CSc1ncc2c(n1)C(F)=C(Cl)N1CC(OCc3ccccc3)N=C21. The van der Waals surface area contributed by atoms with Crippen LogP contribution in [0.4, 0.5) is 4.39 Å². The number of thioether (sulfide) groups is 1. The summed E-state index contributed by atoms with van der Waals surface area (Å²) in [6, 6.07) is 9.82. The molecule has 5 nitrogen and oxygen atoms in total. The van der Waals surface area contributed by atoms with Crippen LogP contribution in [-0.2, 0) is 11.3 Å². The molecule has 0 saturated heterocycles. The molecule has 1 atom stereocenters. The predicted octanol–water partition coefficient (Wildman–Crippen LogP) is 3.65. The first-order valence-electron chi connectivity index (χ1n) is 7.65. The minimum Gasteiger partial charge on any atom is -0.350 e. The van der Waals surface area contributed by atoms with E-state index in [9.17, 15) is 4.39 Å². The number of amidine groups is 1. The average molecular weight is 377 g/mol. The highest BCUT2D eigenvalue weighted by molar-refractivity contribution is 7.98. The number of aliphatic imine (C=N–C) groups is 1. The van der Waals surface area contributed by atoms with E-state index in [1.807, 2.05) is 36.6 Å². The van der Waals surface area contributed by atoms with Gasteiger partial charge < -0.3 is 9.64 Å². The lowest BCUT2D eigenvalue weighted by atomic mass is 10.1. The summed E-state index contributed by atoms with van der Waals surface area (Å²) in [5.41, 5.74) is 1.77. The third kappa shape index (κ3) is 3.03. The van der Waals surface area contributed by atoms with Gasteiger partial charge in [-0.2, -0.15) is 0 Å². The van der Waals surface area contributed by atoms with Gasteiger partial charge in [-0.15, -0.1) is 0 Å². The van der Waals surface area contributed by atoms with Crippen molar-refractivity contribution in [1.82, 2.24) is 14.9 Å². The second-order valence-corrected chi connectivity index (χ2v) is 6.67. The molecule has 0 saturated carbocycles. The van der Waals surface area contributed by atoms with Crippen molar-refractivity contribution in [3.05, 3.63) is 58.5 Å². The Hall–Kier alpha value is -1.96. The van der Waals surface area contributed by atoms with Gasteiger partial charge in [-0.3, -0.25) is 0 Å². The highest BCUT2D eigenvalue weighted by Crippen LogP contribution is 2.37.